The topological polar surface area (TPSA) is 88.3 Å². The van der Waals surface area contributed by atoms with E-state index in [2.05, 4.69) is 14.6 Å². The molecule has 1 rings (SSSR count). The second-order valence-corrected chi connectivity index (χ2v) is 5.57. The van der Waals surface area contributed by atoms with Gasteiger partial charge in [-0.1, -0.05) is 13.8 Å². The molecule has 0 unspecified atom stereocenters. The Morgan fingerprint density at radius 3 is 2.50 bits per heavy atom. The van der Waals surface area contributed by atoms with Crippen molar-refractivity contribution in [3.8, 4) is 0 Å². The lowest BCUT2D eigenvalue weighted by molar-refractivity contribution is 0.309. The van der Waals surface area contributed by atoms with Crippen LogP contribution >= 0.6 is 0 Å². The quantitative estimate of drug-likeness (QED) is 0.744. The van der Waals surface area contributed by atoms with Gasteiger partial charge in [-0.3, -0.25) is 0 Å². The number of hydrogen-bond donors (Lipinski definition) is 2. The predicted octanol–water partition coefficient (Wildman–Crippen LogP) is 0.284. The molecule has 0 saturated carbocycles. The highest BCUT2D eigenvalue weighted by Crippen LogP contribution is 2.06. The Morgan fingerprint density at radius 2 is 2.00 bits per heavy atom. The summed E-state index contributed by atoms with van der Waals surface area (Å²) >= 11 is 0. The van der Waals surface area contributed by atoms with Crippen molar-refractivity contribution in [2.45, 2.75) is 18.9 Å². The minimum absolute atomic E-state index is 0.00348. The molecule has 7 heteroatoms. The van der Waals surface area contributed by atoms with Gasteiger partial charge in [0, 0.05) is 13.1 Å². The van der Waals surface area contributed by atoms with Crippen molar-refractivity contribution in [3.05, 3.63) is 18.3 Å². The van der Waals surface area contributed by atoms with E-state index >= 15 is 0 Å². The summed E-state index contributed by atoms with van der Waals surface area (Å²) in [5, 5.41) is -0.00348. The molecule has 3 N–H and O–H groups in total. The lowest BCUT2D eigenvalue weighted by Gasteiger charge is -2.17. The molecule has 1 heterocycles. The molecule has 0 fully saturated rings. The van der Waals surface area contributed by atoms with Crippen LogP contribution in [0.2, 0.25) is 0 Å². The molecule has 1 aromatic heterocycles. The zero-order chi connectivity index (χ0) is 13.6. The predicted molar refractivity (Wildman–Crippen MR) is 71.6 cm³/mol. The fraction of sp³-hybridized carbons (Fsp3) is 0.545. The van der Waals surface area contributed by atoms with Crippen LogP contribution in [0.3, 0.4) is 0 Å². The zero-order valence-corrected chi connectivity index (χ0v) is 11.6. The van der Waals surface area contributed by atoms with Crippen LogP contribution in [0.5, 0.6) is 0 Å². The van der Waals surface area contributed by atoms with Crippen LogP contribution < -0.4 is 10.5 Å². The second kappa shape index (κ2) is 6.67. The van der Waals surface area contributed by atoms with E-state index < -0.39 is 10.0 Å². The van der Waals surface area contributed by atoms with Crippen molar-refractivity contribution >= 4 is 15.7 Å². The van der Waals surface area contributed by atoms with Crippen LogP contribution in [0, 0.1) is 0 Å². The van der Waals surface area contributed by atoms with Crippen LogP contribution in [0.1, 0.15) is 13.8 Å². The minimum Gasteiger partial charge on any atom is -0.397 e. The molecular weight excluding hydrogens is 252 g/mol. The normalized spacial score (nSPS) is 11.9. The highest BCUT2D eigenvalue weighted by Gasteiger charge is 2.14. The van der Waals surface area contributed by atoms with Gasteiger partial charge in [-0.05, 0) is 25.2 Å². The third kappa shape index (κ3) is 4.25. The molecular formula is C11H20N4O2S. The molecule has 0 bridgehead atoms. The minimum atomic E-state index is -3.53. The van der Waals surface area contributed by atoms with Crippen molar-refractivity contribution in [2.75, 3.05) is 31.9 Å². The molecule has 102 valence electrons. The number of sulfonamides is 1. The maximum absolute atomic E-state index is 11.9. The van der Waals surface area contributed by atoms with Crippen molar-refractivity contribution < 1.29 is 8.42 Å². The number of rotatable bonds is 7. The first-order chi connectivity index (χ1) is 8.49. The van der Waals surface area contributed by atoms with Crippen LogP contribution in [-0.2, 0) is 10.0 Å². The first-order valence-electron chi connectivity index (χ1n) is 5.93. The Hall–Kier alpha value is -1.18. The number of nitrogen functional groups attached to an aromatic ring is 1. The van der Waals surface area contributed by atoms with Crippen molar-refractivity contribution in [2.24, 2.45) is 0 Å². The van der Waals surface area contributed by atoms with Crippen LogP contribution in [0.15, 0.2) is 23.4 Å². The van der Waals surface area contributed by atoms with E-state index in [0.29, 0.717) is 18.8 Å². The molecule has 0 aliphatic carbocycles. The van der Waals surface area contributed by atoms with Gasteiger partial charge in [-0.15, -0.1) is 0 Å². The number of pyridine rings is 1. The highest BCUT2D eigenvalue weighted by molar-refractivity contribution is 7.89. The standard InChI is InChI=1S/C11H20N4O2S/c1-3-15(4-2)8-7-14-18(16,17)11-6-5-10(12)9-13-11/h5-6,9,14H,3-4,7-8,12H2,1-2H3. The molecule has 0 radical (unpaired) electrons. The molecule has 0 aromatic carbocycles. The van der Waals surface area contributed by atoms with Gasteiger partial charge in [0.15, 0.2) is 5.03 Å². The highest BCUT2D eigenvalue weighted by atomic mass is 32.2. The number of nitrogens with zero attached hydrogens (tertiary/aromatic N) is 2. The van der Waals surface area contributed by atoms with Crippen molar-refractivity contribution in [1.82, 2.24) is 14.6 Å². The number of nitrogens with one attached hydrogen (secondary N) is 1. The average molecular weight is 272 g/mol. The van der Waals surface area contributed by atoms with Gasteiger partial charge < -0.3 is 10.6 Å². The van der Waals surface area contributed by atoms with E-state index in [4.69, 9.17) is 5.73 Å². The summed E-state index contributed by atoms with van der Waals surface area (Å²) in [5.74, 6) is 0. The van der Waals surface area contributed by atoms with Gasteiger partial charge >= 0.3 is 0 Å². The van der Waals surface area contributed by atoms with E-state index in [1.165, 1.54) is 18.3 Å². The molecule has 0 aliphatic rings. The largest absolute Gasteiger partial charge is 0.397 e. The molecule has 6 nitrogen and oxygen atoms in total. The molecule has 0 spiro atoms. The fourth-order valence-electron chi connectivity index (χ4n) is 1.50. The molecule has 18 heavy (non-hydrogen) atoms. The van der Waals surface area contributed by atoms with Gasteiger partial charge in [0.25, 0.3) is 10.0 Å². The number of aromatic nitrogens is 1. The van der Waals surface area contributed by atoms with Gasteiger partial charge in [0.1, 0.15) is 0 Å². The van der Waals surface area contributed by atoms with Gasteiger partial charge in [0.2, 0.25) is 0 Å². The molecule has 0 aliphatic heterocycles. The number of likely N-dealkylation sites (N-methyl/N-ethyl adjacent to an activating group) is 1. The Balaban J connectivity index is 2.57. The van der Waals surface area contributed by atoms with Gasteiger partial charge in [-0.2, -0.15) is 0 Å². The average Bonchev–Trinajstić information content (AvgIpc) is 2.35. The number of nitrogens with two attached hydrogens (primary N) is 1. The Morgan fingerprint density at radius 1 is 1.33 bits per heavy atom. The summed E-state index contributed by atoms with van der Waals surface area (Å²) in [7, 11) is -3.53. The summed E-state index contributed by atoms with van der Waals surface area (Å²) in [6, 6.07) is 2.92. The summed E-state index contributed by atoms with van der Waals surface area (Å²) in [5.41, 5.74) is 5.90. The van der Waals surface area contributed by atoms with E-state index in [1.807, 2.05) is 13.8 Å². The molecule has 1 aromatic rings. The number of anilines is 1. The second-order valence-electron chi connectivity index (χ2n) is 3.85. The first kappa shape index (κ1) is 14.9. The van der Waals surface area contributed by atoms with Crippen LogP contribution in [0.25, 0.3) is 0 Å². The van der Waals surface area contributed by atoms with Crippen LogP contribution in [-0.4, -0.2) is 44.5 Å². The van der Waals surface area contributed by atoms with E-state index in [-0.39, 0.29) is 5.03 Å². The molecule has 0 atom stereocenters. The first-order valence-corrected chi connectivity index (χ1v) is 7.41. The van der Waals surface area contributed by atoms with E-state index in [0.717, 1.165) is 13.1 Å². The lowest BCUT2D eigenvalue weighted by Crippen LogP contribution is -2.35. The van der Waals surface area contributed by atoms with Gasteiger partial charge in [-0.25, -0.2) is 18.1 Å². The summed E-state index contributed by atoms with van der Waals surface area (Å²) < 4.78 is 26.3. The smallest absolute Gasteiger partial charge is 0.258 e. The molecule has 0 saturated heterocycles. The molecule has 0 amide bonds. The zero-order valence-electron chi connectivity index (χ0n) is 10.8. The van der Waals surface area contributed by atoms with E-state index in [1.54, 1.807) is 0 Å². The Bertz CT molecular complexity index is 454. The Labute approximate surface area is 108 Å². The van der Waals surface area contributed by atoms with Crippen molar-refractivity contribution in [1.29, 1.82) is 0 Å². The lowest BCUT2D eigenvalue weighted by atomic mass is 10.4. The monoisotopic (exact) mass is 272 g/mol. The Kier molecular flexibility index (Phi) is 5.52. The summed E-state index contributed by atoms with van der Waals surface area (Å²) in [6.45, 7) is 6.94. The maximum Gasteiger partial charge on any atom is 0.258 e. The SMILES string of the molecule is CCN(CC)CCNS(=O)(=O)c1ccc(N)cn1. The van der Waals surface area contributed by atoms with Crippen molar-refractivity contribution in [3.63, 3.8) is 0 Å². The summed E-state index contributed by atoms with van der Waals surface area (Å²) in [6.07, 6.45) is 1.33. The van der Waals surface area contributed by atoms with Crippen LogP contribution in [0.4, 0.5) is 5.69 Å². The van der Waals surface area contributed by atoms with Gasteiger partial charge in [0.05, 0.1) is 11.9 Å². The maximum atomic E-state index is 11.9. The van der Waals surface area contributed by atoms with E-state index in [9.17, 15) is 8.42 Å². The fourth-order valence-corrected chi connectivity index (χ4v) is 2.45. The third-order valence-electron chi connectivity index (χ3n) is 2.65. The number of hydrogen-bond acceptors (Lipinski definition) is 5. The third-order valence-corrected chi connectivity index (χ3v) is 4.03. The summed E-state index contributed by atoms with van der Waals surface area (Å²) in [4.78, 5) is 5.94.